The third kappa shape index (κ3) is 6.11. The molecule has 0 aliphatic carbocycles. The molecular formula is C23H36BrN3O3. The lowest BCUT2D eigenvalue weighted by Crippen LogP contribution is -2.51. The Balaban J connectivity index is 1.50. The lowest BCUT2D eigenvalue weighted by Gasteiger charge is -2.38. The van der Waals surface area contributed by atoms with Gasteiger partial charge >= 0.3 is 0 Å². The van der Waals surface area contributed by atoms with E-state index in [0.717, 1.165) is 61.8 Å². The Labute approximate surface area is 189 Å². The average molecular weight is 482 g/mol. The van der Waals surface area contributed by atoms with Crippen LogP contribution in [-0.4, -0.2) is 80.1 Å². The molecule has 1 amide bonds. The topological polar surface area (TPSA) is 45.2 Å². The van der Waals surface area contributed by atoms with Crippen LogP contribution < -0.4 is 9.47 Å². The molecule has 0 aromatic heterocycles. The lowest BCUT2D eigenvalue weighted by atomic mass is 9.92. The number of halogens is 1. The molecule has 168 valence electrons. The molecule has 6 nitrogen and oxygen atoms in total. The summed E-state index contributed by atoms with van der Waals surface area (Å²) in [4.78, 5) is 19.6. The molecule has 7 heteroatoms. The number of rotatable bonds is 7. The fraction of sp³-hybridized carbons (Fsp3) is 0.696. The van der Waals surface area contributed by atoms with Crippen molar-refractivity contribution in [3.63, 3.8) is 0 Å². The second-order valence-electron chi connectivity index (χ2n) is 8.84. The van der Waals surface area contributed by atoms with Crippen LogP contribution in [0.4, 0.5) is 0 Å². The van der Waals surface area contributed by atoms with Gasteiger partial charge in [-0.05, 0) is 58.8 Å². The van der Waals surface area contributed by atoms with E-state index in [-0.39, 0.29) is 0 Å². The molecule has 2 heterocycles. The third-order valence-corrected chi connectivity index (χ3v) is 6.61. The van der Waals surface area contributed by atoms with Crippen molar-refractivity contribution in [3.05, 3.63) is 22.2 Å². The zero-order valence-electron chi connectivity index (χ0n) is 18.8. The van der Waals surface area contributed by atoms with Crippen molar-refractivity contribution in [2.45, 2.75) is 33.7 Å². The lowest BCUT2D eigenvalue weighted by molar-refractivity contribution is -0.135. The number of methoxy groups -OCH3 is 1. The first kappa shape index (κ1) is 23.4. The summed E-state index contributed by atoms with van der Waals surface area (Å²) in [6.07, 6.45) is 1.23. The molecule has 0 unspecified atom stereocenters. The third-order valence-electron chi connectivity index (χ3n) is 6.02. The van der Waals surface area contributed by atoms with Crippen LogP contribution in [0.5, 0.6) is 11.5 Å². The highest BCUT2D eigenvalue weighted by atomic mass is 79.9. The van der Waals surface area contributed by atoms with Gasteiger partial charge in [0.1, 0.15) is 0 Å². The van der Waals surface area contributed by atoms with Crippen molar-refractivity contribution >= 4 is 21.8 Å². The summed E-state index contributed by atoms with van der Waals surface area (Å²) in [7, 11) is 1.66. The van der Waals surface area contributed by atoms with Crippen molar-refractivity contribution in [1.29, 1.82) is 0 Å². The molecule has 2 saturated heterocycles. The molecule has 3 rings (SSSR count). The largest absolute Gasteiger partial charge is 0.492 e. The molecule has 2 fully saturated rings. The van der Waals surface area contributed by atoms with Crippen molar-refractivity contribution < 1.29 is 14.3 Å². The van der Waals surface area contributed by atoms with Gasteiger partial charge in [0.15, 0.2) is 11.5 Å². The van der Waals surface area contributed by atoms with Crippen molar-refractivity contribution in [2.24, 2.45) is 11.8 Å². The Morgan fingerprint density at radius 1 is 1.10 bits per heavy atom. The Morgan fingerprint density at radius 3 is 2.33 bits per heavy atom. The Kier molecular flexibility index (Phi) is 8.43. The number of hydrogen-bond acceptors (Lipinski definition) is 5. The van der Waals surface area contributed by atoms with E-state index >= 15 is 0 Å². The Hall–Kier alpha value is -1.31. The molecule has 2 aliphatic rings. The van der Waals surface area contributed by atoms with Crippen LogP contribution in [-0.2, 0) is 11.3 Å². The molecule has 0 saturated carbocycles. The van der Waals surface area contributed by atoms with Gasteiger partial charge in [-0.3, -0.25) is 14.6 Å². The minimum absolute atomic E-state index is 0.294. The van der Waals surface area contributed by atoms with Crippen LogP contribution in [0.2, 0.25) is 0 Å². The highest BCUT2D eigenvalue weighted by molar-refractivity contribution is 9.10. The molecule has 0 radical (unpaired) electrons. The normalized spacial score (nSPS) is 23.4. The number of hydrogen-bond donors (Lipinski definition) is 0. The van der Waals surface area contributed by atoms with Gasteiger partial charge in [-0.15, -0.1) is 0 Å². The maximum Gasteiger partial charge on any atom is 0.236 e. The number of nitrogens with zero attached hydrogens (tertiary/aromatic N) is 3. The van der Waals surface area contributed by atoms with Gasteiger partial charge in [-0.2, -0.15) is 0 Å². The van der Waals surface area contributed by atoms with Crippen molar-refractivity contribution in [3.8, 4) is 11.5 Å². The molecule has 2 atom stereocenters. The molecule has 30 heavy (non-hydrogen) atoms. The minimum Gasteiger partial charge on any atom is -0.492 e. The number of amides is 1. The number of piperidine rings is 1. The maximum absolute atomic E-state index is 12.8. The first-order chi connectivity index (χ1) is 14.4. The average Bonchev–Trinajstić information content (AvgIpc) is 2.69. The molecule has 2 aliphatic heterocycles. The fourth-order valence-electron chi connectivity index (χ4n) is 4.70. The van der Waals surface area contributed by atoms with E-state index in [1.807, 2.05) is 6.92 Å². The van der Waals surface area contributed by atoms with E-state index in [9.17, 15) is 4.79 Å². The predicted molar refractivity (Wildman–Crippen MR) is 123 cm³/mol. The highest BCUT2D eigenvalue weighted by Crippen LogP contribution is 2.37. The number of benzene rings is 1. The first-order valence-corrected chi connectivity index (χ1v) is 11.9. The van der Waals surface area contributed by atoms with E-state index in [4.69, 9.17) is 9.47 Å². The zero-order valence-corrected chi connectivity index (χ0v) is 20.4. The summed E-state index contributed by atoms with van der Waals surface area (Å²) >= 11 is 3.60. The van der Waals surface area contributed by atoms with Crippen LogP contribution in [0.1, 0.15) is 32.8 Å². The molecule has 0 bridgehead atoms. The fourth-order valence-corrected chi connectivity index (χ4v) is 5.35. The van der Waals surface area contributed by atoms with Gasteiger partial charge < -0.3 is 14.4 Å². The predicted octanol–water partition coefficient (Wildman–Crippen LogP) is 3.48. The molecule has 0 spiro atoms. The van der Waals surface area contributed by atoms with Crippen molar-refractivity contribution in [2.75, 3.05) is 59.5 Å². The van der Waals surface area contributed by atoms with E-state index in [0.29, 0.717) is 30.9 Å². The number of piperazine rings is 1. The van der Waals surface area contributed by atoms with Gasteiger partial charge in [-0.25, -0.2) is 0 Å². The van der Waals surface area contributed by atoms with Gasteiger partial charge in [0, 0.05) is 45.8 Å². The Bertz CT molecular complexity index is 712. The van der Waals surface area contributed by atoms with Crippen LogP contribution in [0, 0.1) is 11.8 Å². The molecule has 1 aromatic carbocycles. The SMILES string of the molecule is CCOc1cc(CN2CCN(CC(=O)N3C[C@@H](C)C[C@H](C)C3)CC2)cc(Br)c1OC. The molecule has 0 N–H and O–H groups in total. The second-order valence-corrected chi connectivity index (χ2v) is 9.69. The highest BCUT2D eigenvalue weighted by Gasteiger charge is 2.27. The second kappa shape index (κ2) is 10.8. The van der Waals surface area contributed by atoms with Crippen molar-refractivity contribution in [1.82, 2.24) is 14.7 Å². The number of ether oxygens (including phenoxy) is 2. The van der Waals surface area contributed by atoms with Crippen LogP contribution in [0.15, 0.2) is 16.6 Å². The number of carbonyl (C=O) groups excluding carboxylic acids is 1. The van der Waals surface area contributed by atoms with Crippen LogP contribution >= 0.6 is 15.9 Å². The summed E-state index contributed by atoms with van der Waals surface area (Å²) < 4.78 is 12.1. The minimum atomic E-state index is 0.294. The maximum atomic E-state index is 12.8. The summed E-state index contributed by atoms with van der Waals surface area (Å²) in [5, 5.41) is 0. The molecular weight excluding hydrogens is 446 g/mol. The standard InChI is InChI=1S/C23H36BrN3O3/c1-5-30-21-12-19(11-20(24)23(21)29-4)15-25-6-8-26(9-7-25)16-22(28)27-13-17(2)10-18(3)14-27/h11-12,17-18H,5-10,13-16H2,1-4H3/t17-,18-/m0/s1. The summed E-state index contributed by atoms with van der Waals surface area (Å²) in [6, 6.07) is 4.18. The van der Waals surface area contributed by atoms with E-state index in [1.165, 1.54) is 12.0 Å². The monoisotopic (exact) mass is 481 g/mol. The quantitative estimate of drug-likeness (QED) is 0.596. The number of likely N-dealkylation sites (tertiary alicyclic amines) is 1. The Morgan fingerprint density at radius 2 is 1.73 bits per heavy atom. The van der Waals surface area contributed by atoms with Gasteiger partial charge in [0.25, 0.3) is 0 Å². The number of carbonyl (C=O) groups is 1. The van der Waals surface area contributed by atoms with Gasteiger partial charge in [0.05, 0.1) is 24.7 Å². The van der Waals surface area contributed by atoms with E-state index < -0.39 is 0 Å². The van der Waals surface area contributed by atoms with Gasteiger partial charge in [-0.1, -0.05) is 13.8 Å². The van der Waals surface area contributed by atoms with E-state index in [1.54, 1.807) is 7.11 Å². The van der Waals surface area contributed by atoms with Gasteiger partial charge in [0.2, 0.25) is 5.91 Å². The van der Waals surface area contributed by atoms with Crippen LogP contribution in [0.3, 0.4) is 0 Å². The summed E-state index contributed by atoms with van der Waals surface area (Å²) in [5.74, 6) is 3.03. The molecule has 1 aromatic rings. The summed E-state index contributed by atoms with van der Waals surface area (Å²) in [6.45, 7) is 14.1. The van der Waals surface area contributed by atoms with Crippen LogP contribution in [0.25, 0.3) is 0 Å². The van der Waals surface area contributed by atoms with E-state index in [2.05, 4.69) is 56.6 Å². The zero-order chi connectivity index (χ0) is 21.7. The first-order valence-electron chi connectivity index (χ1n) is 11.1. The smallest absolute Gasteiger partial charge is 0.236 e. The summed E-state index contributed by atoms with van der Waals surface area (Å²) in [5.41, 5.74) is 1.20.